The van der Waals surface area contributed by atoms with Gasteiger partial charge in [-0.2, -0.15) is 13.2 Å². The molecule has 0 unspecified atom stereocenters. The molecule has 142 valence electrons. The van der Waals surface area contributed by atoms with Gasteiger partial charge in [0.25, 0.3) is 0 Å². The number of aliphatic imine (C=N–C) groups is 1. The summed E-state index contributed by atoms with van der Waals surface area (Å²) in [7, 11) is 3.16. The molecule has 2 rings (SSSR count). The molecule has 0 aliphatic rings. The molecule has 0 spiro atoms. The van der Waals surface area contributed by atoms with Crippen LogP contribution in [0.2, 0.25) is 0 Å². The van der Waals surface area contributed by atoms with Crippen molar-refractivity contribution in [2.75, 3.05) is 14.2 Å². The van der Waals surface area contributed by atoms with Gasteiger partial charge in [0, 0.05) is 31.9 Å². The van der Waals surface area contributed by atoms with Crippen molar-refractivity contribution in [1.82, 2.24) is 15.6 Å². The Morgan fingerprint density at radius 3 is 2.35 bits per heavy atom. The van der Waals surface area contributed by atoms with Crippen LogP contribution in [0.4, 0.5) is 13.2 Å². The average Bonchev–Trinajstić information content (AvgIpc) is 2.61. The van der Waals surface area contributed by atoms with Gasteiger partial charge >= 0.3 is 6.18 Å². The van der Waals surface area contributed by atoms with Crippen LogP contribution in [-0.2, 0) is 19.3 Å². The van der Waals surface area contributed by atoms with E-state index in [1.54, 1.807) is 26.4 Å². The molecule has 1 heterocycles. The molecule has 26 heavy (non-hydrogen) atoms. The molecule has 0 amide bonds. The van der Waals surface area contributed by atoms with Gasteiger partial charge in [0.2, 0.25) is 5.88 Å². The second-order valence-electron chi connectivity index (χ2n) is 5.15. The number of benzene rings is 1. The minimum absolute atomic E-state index is 0. The summed E-state index contributed by atoms with van der Waals surface area (Å²) in [6.07, 6.45) is -2.69. The van der Waals surface area contributed by atoms with Crippen LogP contribution >= 0.6 is 24.0 Å². The van der Waals surface area contributed by atoms with Gasteiger partial charge in [-0.1, -0.05) is 18.2 Å². The van der Waals surface area contributed by atoms with Crippen LogP contribution in [-0.4, -0.2) is 25.1 Å². The van der Waals surface area contributed by atoms with E-state index in [4.69, 9.17) is 4.74 Å². The van der Waals surface area contributed by atoms with Crippen molar-refractivity contribution < 1.29 is 17.9 Å². The summed E-state index contributed by atoms with van der Waals surface area (Å²) in [4.78, 5) is 8.19. The molecule has 1 aromatic heterocycles. The highest BCUT2D eigenvalue weighted by molar-refractivity contribution is 14.0. The van der Waals surface area contributed by atoms with E-state index >= 15 is 0 Å². The highest BCUT2D eigenvalue weighted by Crippen LogP contribution is 2.29. The summed E-state index contributed by atoms with van der Waals surface area (Å²) >= 11 is 0. The molecule has 0 fully saturated rings. The van der Waals surface area contributed by atoms with Gasteiger partial charge in [-0.3, -0.25) is 4.99 Å². The molecule has 0 radical (unpaired) electrons. The van der Waals surface area contributed by atoms with Crippen molar-refractivity contribution in [2.45, 2.75) is 19.3 Å². The Bertz CT molecular complexity index is 721. The normalized spacial score (nSPS) is 11.5. The molecule has 9 heteroatoms. The number of halogens is 4. The Kier molecular flexibility index (Phi) is 8.62. The predicted molar refractivity (Wildman–Crippen MR) is 105 cm³/mol. The average molecular weight is 480 g/mol. The smallest absolute Gasteiger partial charge is 0.416 e. The third-order valence-electron chi connectivity index (χ3n) is 3.45. The van der Waals surface area contributed by atoms with Crippen molar-refractivity contribution >= 4 is 29.9 Å². The largest absolute Gasteiger partial charge is 0.481 e. The maximum absolute atomic E-state index is 12.6. The van der Waals surface area contributed by atoms with Gasteiger partial charge in [0.15, 0.2) is 5.96 Å². The minimum Gasteiger partial charge on any atom is -0.481 e. The van der Waals surface area contributed by atoms with E-state index in [9.17, 15) is 13.2 Å². The van der Waals surface area contributed by atoms with Gasteiger partial charge in [-0.25, -0.2) is 4.98 Å². The quantitative estimate of drug-likeness (QED) is 0.390. The number of rotatable bonds is 5. The third-order valence-corrected chi connectivity index (χ3v) is 3.45. The molecule has 1 aromatic carbocycles. The van der Waals surface area contributed by atoms with E-state index < -0.39 is 11.7 Å². The van der Waals surface area contributed by atoms with E-state index in [2.05, 4.69) is 20.6 Å². The Morgan fingerprint density at radius 2 is 1.77 bits per heavy atom. The Labute approximate surface area is 167 Å². The number of ether oxygens (including phenoxy) is 1. The van der Waals surface area contributed by atoms with E-state index in [1.165, 1.54) is 12.1 Å². The van der Waals surface area contributed by atoms with E-state index in [1.807, 2.05) is 6.07 Å². The number of pyridine rings is 1. The first-order valence-electron chi connectivity index (χ1n) is 7.52. The Balaban J connectivity index is 0.00000338. The van der Waals surface area contributed by atoms with Crippen molar-refractivity contribution in [3.05, 3.63) is 59.3 Å². The van der Waals surface area contributed by atoms with Crippen LogP contribution < -0.4 is 15.4 Å². The summed E-state index contributed by atoms with van der Waals surface area (Å²) in [5.74, 6) is 1.04. The first kappa shape index (κ1) is 22.0. The lowest BCUT2D eigenvalue weighted by molar-refractivity contribution is -0.137. The first-order valence-corrected chi connectivity index (χ1v) is 7.52. The maximum Gasteiger partial charge on any atom is 0.416 e. The SMILES string of the molecule is CN=C(NCc1ccc(C(F)(F)F)cc1)NCc1cccnc1OC.I. The summed E-state index contributed by atoms with van der Waals surface area (Å²) in [5.41, 5.74) is 0.916. The van der Waals surface area contributed by atoms with Crippen LogP contribution in [0.1, 0.15) is 16.7 Å². The fraction of sp³-hybridized carbons (Fsp3) is 0.294. The molecule has 0 aliphatic carbocycles. The molecule has 0 saturated carbocycles. The molecular formula is C17H20F3IN4O. The summed E-state index contributed by atoms with van der Waals surface area (Å²) in [6, 6.07) is 8.68. The van der Waals surface area contributed by atoms with Crippen LogP contribution in [0, 0.1) is 0 Å². The number of hydrogen-bond donors (Lipinski definition) is 2. The molecule has 0 saturated heterocycles. The third kappa shape index (κ3) is 6.36. The lowest BCUT2D eigenvalue weighted by Gasteiger charge is -2.13. The minimum atomic E-state index is -4.33. The molecule has 5 nitrogen and oxygen atoms in total. The lowest BCUT2D eigenvalue weighted by atomic mass is 10.1. The monoisotopic (exact) mass is 480 g/mol. The summed E-state index contributed by atoms with van der Waals surface area (Å²) in [6.45, 7) is 0.797. The molecular weight excluding hydrogens is 460 g/mol. The lowest BCUT2D eigenvalue weighted by Crippen LogP contribution is -2.36. The second kappa shape index (κ2) is 10.2. The van der Waals surface area contributed by atoms with Crippen LogP contribution in [0.25, 0.3) is 0 Å². The van der Waals surface area contributed by atoms with Crippen LogP contribution in [0.3, 0.4) is 0 Å². The molecule has 0 atom stereocenters. The van der Waals surface area contributed by atoms with Crippen LogP contribution in [0.5, 0.6) is 5.88 Å². The number of nitrogens with one attached hydrogen (secondary N) is 2. The zero-order chi connectivity index (χ0) is 18.3. The Hall–Kier alpha value is -2.04. The van der Waals surface area contributed by atoms with Gasteiger partial charge in [-0.05, 0) is 23.8 Å². The van der Waals surface area contributed by atoms with Gasteiger partial charge in [-0.15, -0.1) is 24.0 Å². The number of nitrogens with zero attached hydrogens (tertiary/aromatic N) is 2. The number of aromatic nitrogens is 1. The molecule has 0 bridgehead atoms. The number of guanidine groups is 1. The Morgan fingerprint density at radius 1 is 1.12 bits per heavy atom. The van der Waals surface area contributed by atoms with E-state index in [0.29, 0.717) is 24.9 Å². The van der Waals surface area contributed by atoms with E-state index in [-0.39, 0.29) is 24.0 Å². The topological polar surface area (TPSA) is 58.5 Å². The molecule has 2 N–H and O–H groups in total. The maximum atomic E-state index is 12.6. The number of hydrogen-bond acceptors (Lipinski definition) is 3. The number of methoxy groups -OCH3 is 1. The van der Waals surface area contributed by atoms with Gasteiger partial charge < -0.3 is 15.4 Å². The van der Waals surface area contributed by atoms with Crippen molar-refractivity contribution in [3.8, 4) is 5.88 Å². The zero-order valence-electron chi connectivity index (χ0n) is 14.3. The standard InChI is InChI=1S/C17H19F3N4O.HI/c1-21-16(24-11-13-4-3-9-22-15(13)25-2)23-10-12-5-7-14(8-6-12)17(18,19)20;/h3-9H,10-11H2,1-2H3,(H2,21,23,24);1H. The highest BCUT2D eigenvalue weighted by Gasteiger charge is 2.29. The van der Waals surface area contributed by atoms with Crippen molar-refractivity contribution in [1.29, 1.82) is 0 Å². The second-order valence-corrected chi connectivity index (χ2v) is 5.15. The van der Waals surface area contributed by atoms with Crippen molar-refractivity contribution in [3.63, 3.8) is 0 Å². The van der Waals surface area contributed by atoms with Crippen LogP contribution in [0.15, 0.2) is 47.6 Å². The first-order chi connectivity index (χ1) is 11.9. The molecule has 0 aliphatic heterocycles. The summed E-state index contributed by atoms with van der Waals surface area (Å²) in [5, 5.41) is 6.15. The highest BCUT2D eigenvalue weighted by atomic mass is 127. The summed E-state index contributed by atoms with van der Waals surface area (Å²) < 4.78 is 42.8. The number of alkyl halides is 3. The van der Waals surface area contributed by atoms with Crippen molar-refractivity contribution in [2.24, 2.45) is 4.99 Å². The fourth-order valence-corrected chi connectivity index (χ4v) is 2.14. The van der Waals surface area contributed by atoms with Gasteiger partial charge in [0.05, 0.1) is 12.7 Å². The fourth-order valence-electron chi connectivity index (χ4n) is 2.14. The van der Waals surface area contributed by atoms with E-state index in [0.717, 1.165) is 23.3 Å². The molecule has 2 aromatic rings. The van der Waals surface area contributed by atoms with Gasteiger partial charge in [0.1, 0.15) is 0 Å². The predicted octanol–water partition coefficient (Wildman–Crippen LogP) is 3.59. The zero-order valence-corrected chi connectivity index (χ0v) is 16.6.